The molecule has 2 amide bonds. The Bertz CT molecular complexity index is 883. The standard InChI is InChI=1S/C18H14ClNO4S/c1-10-6-7-11(8-13(10)19)20-16(21)9-15(17(20)22)25-14-5-3-2-4-12(14)18(23)24/h2-8,15H,9H2,1H3,(H,23,24)/t15-/m1/s1. The van der Waals surface area contributed by atoms with Gasteiger partial charge in [0.1, 0.15) is 0 Å². The van der Waals surface area contributed by atoms with E-state index in [2.05, 4.69) is 0 Å². The predicted molar refractivity (Wildman–Crippen MR) is 96.3 cm³/mol. The van der Waals surface area contributed by atoms with E-state index in [-0.39, 0.29) is 23.8 Å². The van der Waals surface area contributed by atoms with Gasteiger partial charge in [-0.25, -0.2) is 9.69 Å². The van der Waals surface area contributed by atoms with Crippen molar-refractivity contribution in [1.29, 1.82) is 0 Å². The van der Waals surface area contributed by atoms with Gasteiger partial charge >= 0.3 is 5.97 Å². The molecule has 2 aromatic carbocycles. The zero-order valence-corrected chi connectivity index (χ0v) is 14.8. The Morgan fingerprint density at radius 3 is 2.64 bits per heavy atom. The molecule has 0 unspecified atom stereocenters. The van der Waals surface area contributed by atoms with E-state index in [0.29, 0.717) is 15.6 Å². The van der Waals surface area contributed by atoms with Crippen LogP contribution in [0.25, 0.3) is 0 Å². The summed E-state index contributed by atoms with van der Waals surface area (Å²) in [4.78, 5) is 37.9. The van der Waals surface area contributed by atoms with Gasteiger partial charge in [-0.15, -0.1) is 11.8 Å². The zero-order valence-electron chi connectivity index (χ0n) is 13.2. The molecule has 25 heavy (non-hydrogen) atoms. The molecule has 1 aliphatic heterocycles. The van der Waals surface area contributed by atoms with Crippen LogP contribution in [0.15, 0.2) is 47.4 Å². The fraction of sp³-hybridized carbons (Fsp3) is 0.167. The number of imide groups is 1. The van der Waals surface area contributed by atoms with Gasteiger partial charge in [0.25, 0.3) is 0 Å². The average molecular weight is 376 g/mol. The van der Waals surface area contributed by atoms with Crippen molar-refractivity contribution in [3.8, 4) is 0 Å². The van der Waals surface area contributed by atoms with Gasteiger partial charge in [0.05, 0.1) is 16.5 Å². The topological polar surface area (TPSA) is 74.7 Å². The normalized spacial score (nSPS) is 17.2. The second-order valence-electron chi connectivity index (χ2n) is 5.61. The summed E-state index contributed by atoms with van der Waals surface area (Å²) >= 11 is 7.19. The highest BCUT2D eigenvalue weighted by Gasteiger charge is 2.40. The van der Waals surface area contributed by atoms with Crippen LogP contribution in [0.3, 0.4) is 0 Å². The number of aromatic carboxylic acids is 1. The molecule has 7 heteroatoms. The minimum atomic E-state index is -1.07. The number of aryl methyl sites for hydroxylation is 1. The van der Waals surface area contributed by atoms with E-state index in [9.17, 15) is 19.5 Å². The second kappa shape index (κ2) is 6.90. The summed E-state index contributed by atoms with van der Waals surface area (Å²) in [5, 5.41) is 9.07. The van der Waals surface area contributed by atoms with E-state index in [1.54, 1.807) is 36.4 Å². The van der Waals surface area contributed by atoms with Crippen molar-refractivity contribution in [1.82, 2.24) is 0 Å². The maximum atomic E-state index is 12.7. The first kappa shape index (κ1) is 17.5. The van der Waals surface area contributed by atoms with E-state index >= 15 is 0 Å². The quantitative estimate of drug-likeness (QED) is 0.823. The van der Waals surface area contributed by atoms with Crippen molar-refractivity contribution >= 4 is 46.8 Å². The minimum absolute atomic E-state index is 0.0168. The summed E-state index contributed by atoms with van der Waals surface area (Å²) in [6, 6.07) is 11.4. The molecule has 1 atom stereocenters. The molecule has 1 aliphatic rings. The Kier molecular flexibility index (Phi) is 4.83. The third kappa shape index (κ3) is 3.41. The van der Waals surface area contributed by atoms with Crippen LogP contribution in [0.1, 0.15) is 22.3 Å². The fourth-order valence-corrected chi connectivity index (χ4v) is 3.94. The molecule has 0 aromatic heterocycles. The van der Waals surface area contributed by atoms with Crippen LogP contribution in [0, 0.1) is 6.92 Å². The van der Waals surface area contributed by atoms with E-state index < -0.39 is 11.2 Å². The van der Waals surface area contributed by atoms with E-state index in [1.165, 1.54) is 6.07 Å². The number of amides is 2. The maximum Gasteiger partial charge on any atom is 0.336 e. The maximum absolute atomic E-state index is 12.7. The largest absolute Gasteiger partial charge is 0.478 e. The number of carbonyl (C=O) groups excluding carboxylic acids is 2. The van der Waals surface area contributed by atoms with Gasteiger partial charge in [-0.3, -0.25) is 9.59 Å². The van der Waals surface area contributed by atoms with Crippen LogP contribution in [0.4, 0.5) is 5.69 Å². The van der Waals surface area contributed by atoms with Crippen LogP contribution in [-0.2, 0) is 9.59 Å². The third-order valence-corrected chi connectivity index (χ3v) is 5.58. The fourth-order valence-electron chi connectivity index (χ4n) is 2.59. The SMILES string of the molecule is Cc1ccc(N2C(=O)C[C@@H](Sc3ccccc3C(=O)O)C2=O)cc1Cl. The van der Waals surface area contributed by atoms with Crippen molar-refractivity contribution in [2.24, 2.45) is 0 Å². The van der Waals surface area contributed by atoms with Crippen LogP contribution < -0.4 is 4.90 Å². The number of thioether (sulfide) groups is 1. The Morgan fingerprint density at radius 1 is 1.24 bits per heavy atom. The van der Waals surface area contributed by atoms with E-state index in [1.807, 2.05) is 6.92 Å². The lowest BCUT2D eigenvalue weighted by Crippen LogP contribution is -2.31. The first-order valence-corrected chi connectivity index (χ1v) is 8.76. The molecule has 0 bridgehead atoms. The highest BCUT2D eigenvalue weighted by molar-refractivity contribution is 8.00. The van der Waals surface area contributed by atoms with Crippen LogP contribution in [-0.4, -0.2) is 28.1 Å². The number of carboxylic acid groups (broad SMARTS) is 1. The molecule has 0 aliphatic carbocycles. The highest BCUT2D eigenvalue weighted by Crippen LogP contribution is 2.36. The highest BCUT2D eigenvalue weighted by atomic mass is 35.5. The lowest BCUT2D eigenvalue weighted by Gasteiger charge is -2.16. The Labute approximate surface area is 153 Å². The predicted octanol–water partition coefficient (Wildman–Crippen LogP) is 3.77. The van der Waals surface area contributed by atoms with Crippen molar-refractivity contribution in [3.05, 3.63) is 58.6 Å². The van der Waals surface area contributed by atoms with Crippen LogP contribution in [0.2, 0.25) is 5.02 Å². The molecule has 3 rings (SSSR count). The number of halogens is 1. The zero-order chi connectivity index (χ0) is 18.1. The number of hydrogen-bond donors (Lipinski definition) is 1. The van der Waals surface area contributed by atoms with Gasteiger partial charge in [0.15, 0.2) is 0 Å². The third-order valence-electron chi connectivity index (χ3n) is 3.91. The molecular formula is C18H14ClNO4S. The Hall–Kier alpha value is -2.31. The molecule has 1 saturated heterocycles. The monoisotopic (exact) mass is 375 g/mol. The summed E-state index contributed by atoms with van der Waals surface area (Å²) < 4.78 is 0. The molecule has 0 radical (unpaired) electrons. The molecule has 0 spiro atoms. The van der Waals surface area contributed by atoms with Crippen molar-refractivity contribution in [2.45, 2.75) is 23.5 Å². The molecule has 1 fully saturated rings. The van der Waals surface area contributed by atoms with E-state index in [4.69, 9.17) is 11.6 Å². The Morgan fingerprint density at radius 2 is 1.96 bits per heavy atom. The first-order valence-electron chi connectivity index (χ1n) is 7.50. The summed E-state index contributed by atoms with van der Waals surface area (Å²) in [5.74, 6) is -1.76. The van der Waals surface area contributed by atoms with Gasteiger partial charge in [-0.1, -0.05) is 29.8 Å². The van der Waals surface area contributed by atoms with Gasteiger partial charge in [0.2, 0.25) is 11.8 Å². The van der Waals surface area contributed by atoms with Gasteiger partial charge in [-0.2, -0.15) is 0 Å². The first-order chi connectivity index (χ1) is 11.9. The number of benzene rings is 2. The molecule has 1 N–H and O–H groups in total. The van der Waals surface area contributed by atoms with Gasteiger partial charge in [-0.05, 0) is 36.8 Å². The number of carboxylic acids is 1. The molecule has 0 saturated carbocycles. The number of hydrogen-bond acceptors (Lipinski definition) is 4. The van der Waals surface area contributed by atoms with Crippen LogP contribution in [0.5, 0.6) is 0 Å². The number of carbonyl (C=O) groups is 3. The lowest BCUT2D eigenvalue weighted by molar-refractivity contribution is -0.121. The summed E-state index contributed by atoms with van der Waals surface area (Å²) in [6.07, 6.45) is 0.0168. The smallest absolute Gasteiger partial charge is 0.336 e. The number of rotatable bonds is 4. The van der Waals surface area contributed by atoms with Crippen molar-refractivity contribution in [2.75, 3.05) is 4.90 Å². The summed E-state index contributed by atoms with van der Waals surface area (Å²) in [6.45, 7) is 1.83. The molecule has 1 heterocycles. The van der Waals surface area contributed by atoms with Crippen molar-refractivity contribution < 1.29 is 19.5 Å². The lowest BCUT2D eigenvalue weighted by atomic mass is 10.2. The molecule has 5 nitrogen and oxygen atoms in total. The average Bonchev–Trinajstić information content (AvgIpc) is 2.84. The number of anilines is 1. The molecule has 128 valence electrons. The summed E-state index contributed by atoms with van der Waals surface area (Å²) in [5.41, 5.74) is 1.40. The van der Waals surface area contributed by atoms with Gasteiger partial charge in [0, 0.05) is 16.3 Å². The molecule has 2 aromatic rings. The van der Waals surface area contributed by atoms with Gasteiger partial charge < -0.3 is 5.11 Å². The van der Waals surface area contributed by atoms with Crippen LogP contribution >= 0.6 is 23.4 Å². The number of nitrogens with zero attached hydrogens (tertiary/aromatic N) is 1. The Balaban J connectivity index is 1.87. The minimum Gasteiger partial charge on any atom is -0.478 e. The van der Waals surface area contributed by atoms with E-state index in [0.717, 1.165) is 22.2 Å². The summed E-state index contributed by atoms with van der Waals surface area (Å²) in [7, 11) is 0. The molecular weight excluding hydrogens is 362 g/mol. The second-order valence-corrected chi connectivity index (χ2v) is 7.26. The van der Waals surface area contributed by atoms with Crippen molar-refractivity contribution in [3.63, 3.8) is 0 Å².